The van der Waals surface area contributed by atoms with E-state index < -0.39 is 0 Å². The summed E-state index contributed by atoms with van der Waals surface area (Å²) < 4.78 is 0. The van der Waals surface area contributed by atoms with Crippen molar-refractivity contribution in [3.8, 4) is 0 Å². The molecule has 0 bridgehead atoms. The van der Waals surface area contributed by atoms with E-state index in [1.54, 1.807) is 0 Å². The summed E-state index contributed by atoms with van der Waals surface area (Å²) >= 11 is 0. The molecule has 214 valence electrons. The van der Waals surface area contributed by atoms with Crippen LogP contribution < -0.4 is 0 Å². The van der Waals surface area contributed by atoms with Gasteiger partial charge in [0.05, 0.1) is 0 Å². The highest BCUT2D eigenvalue weighted by atomic mass is 14.4. The van der Waals surface area contributed by atoms with E-state index in [9.17, 15) is 0 Å². The predicted molar refractivity (Wildman–Crippen MR) is 173 cm³/mol. The molecule has 0 amide bonds. The van der Waals surface area contributed by atoms with E-state index in [-0.39, 0.29) is 38.4 Å². The maximum absolute atomic E-state index is 2.54. The fourth-order valence-corrected chi connectivity index (χ4v) is 5.73. The van der Waals surface area contributed by atoms with Gasteiger partial charge < -0.3 is 0 Å². The topological polar surface area (TPSA) is 0 Å². The second-order valence-corrected chi connectivity index (χ2v) is 18.2. The zero-order chi connectivity index (χ0) is 30.0. The van der Waals surface area contributed by atoms with Crippen LogP contribution >= 0.6 is 0 Å². The Labute approximate surface area is 238 Å². The Bertz CT molecular complexity index is 980. The van der Waals surface area contributed by atoms with Gasteiger partial charge >= 0.3 is 0 Å². The lowest BCUT2D eigenvalue weighted by Gasteiger charge is -2.40. The Kier molecular flexibility index (Phi) is 8.43. The molecule has 0 nitrogen and oxygen atoms in total. The average Bonchev–Trinajstić information content (AvgIpc) is 2.67. The van der Waals surface area contributed by atoms with Crippen LogP contribution in [0.5, 0.6) is 0 Å². The van der Waals surface area contributed by atoms with Gasteiger partial charge in [-0.3, -0.25) is 0 Å². The quantitative estimate of drug-likeness (QED) is 0.371. The van der Waals surface area contributed by atoms with Crippen molar-refractivity contribution < 1.29 is 0 Å². The average molecular weight is 519 g/mol. The summed E-state index contributed by atoms with van der Waals surface area (Å²) in [6.45, 7) is 45.4. The van der Waals surface area contributed by atoms with Crippen LogP contribution in [0.15, 0.2) is 24.3 Å². The van der Waals surface area contributed by atoms with Crippen molar-refractivity contribution in [2.24, 2.45) is 0 Å². The minimum Gasteiger partial charge on any atom is -0.0561 e. The summed E-state index contributed by atoms with van der Waals surface area (Å²) in [5, 5.41) is 0. The smallest absolute Gasteiger partial charge is 0.00727 e. The number of hydrogen-bond donors (Lipinski definition) is 0. The van der Waals surface area contributed by atoms with Gasteiger partial charge in [-0.2, -0.15) is 0 Å². The van der Waals surface area contributed by atoms with Gasteiger partial charge in [0.1, 0.15) is 0 Å². The zero-order valence-electron chi connectivity index (χ0n) is 28.9. The molecule has 0 spiro atoms. The minimum atomic E-state index is 0.0417. The second-order valence-electron chi connectivity index (χ2n) is 18.2. The highest BCUT2D eigenvalue weighted by Crippen LogP contribution is 2.48. The Balaban J connectivity index is 3.22. The molecule has 0 aromatic heterocycles. The van der Waals surface area contributed by atoms with Crippen LogP contribution in [-0.4, -0.2) is 0 Å². The molecule has 0 saturated carbocycles. The van der Waals surface area contributed by atoms with Gasteiger partial charge in [0, 0.05) is 5.92 Å². The number of rotatable bonds is 2. The van der Waals surface area contributed by atoms with Crippen molar-refractivity contribution in [2.75, 3.05) is 0 Å². The molecule has 0 heteroatoms. The Morgan fingerprint density at radius 1 is 0.342 bits per heavy atom. The maximum Gasteiger partial charge on any atom is 0.00727 e. The molecule has 0 aliphatic rings. The van der Waals surface area contributed by atoms with Crippen LogP contribution in [0, 0.1) is 0 Å². The highest BCUT2D eigenvalue weighted by molar-refractivity contribution is 5.57. The van der Waals surface area contributed by atoms with Gasteiger partial charge in [0.2, 0.25) is 0 Å². The van der Waals surface area contributed by atoms with Crippen molar-refractivity contribution in [1.29, 1.82) is 0 Å². The van der Waals surface area contributed by atoms with Gasteiger partial charge in [-0.25, -0.2) is 0 Å². The molecule has 2 aromatic carbocycles. The van der Waals surface area contributed by atoms with E-state index >= 15 is 0 Å². The summed E-state index contributed by atoms with van der Waals surface area (Å²) in [4.78, 5) is 0. The van der Waals surface area contributed by atoms with Crippen LogP contribution in [0.3, 0.4) is 0 Å². The van der Waals surface area contributed by atoms with Crippen molar-refractivity contribution in [3.05, 3.63) is 68.8 Å². The standard InChI is InChI=1S/C38H62/c1-24(31-27(35(8,9)10)20-25(33(2,3)4)21-28(31)36(11,12)13)32-29(37(14,15)16)22-26(34(5,6)7)23-30(32)38(17,18)19/h20-24H,1-19H3. The van der Waals surface area contributed by atoms with E-state index in [2.05, 4.69) is 156 Å². The largest absolute Gasteiger partial charge is 0.0561 e. The monoisotopic (exact) mass is 518 g/mol. The zero-order valence-corrected chi connectivity index (χ0v) is 28.9. The SMILES string of the molecule is CC(c1c(C(C)(C)C)cc(C(C)(C)C)cc1C(C)(C)C)c1c(C(C)(C)C)cc(C(C)(C)C)cc1C(C)(C)C. The third-order valence-corrected chi connectivity index (χ3v) is 8.19. The van der Waals surface area contributed by atoms with Crippen LogP contribution in [0.4, 0.5) is 0 Å². The molecule has 2 rings (SSSR count). The van der Waals surface area contributed by atoms with E-state index in [4.69, 9.17) is 0 Å². The first kappa shape index (κ1) is 32.7. The number of hydrogen-bond acceptors (Lipinski definition) is 0. The van der Waals surface area contributed by atoms with Crippen LogP contribution in [0.25, 0.3) is 0 Å². The van der Waals surface area contributed by atoms with Gasteiger partial charge in [-0.1, -0.05) is 156 Å². The van der Waals surface area contributed by atoms with Gasteiger partial charge in [0.15, 0.2) is 0 Å². The maximum atomic E-state index is 2.54. The molecule has 38 heavy (non-hydrogen) atoms. The fraction of sp³-hybridized carbons (Fsp3) is 0.684. The van der Waals surface area contributed by atoms with Gasteiger partial charge in [-0.15, -0.1) is 0 Å². The molecule has 0 radical (unpaired) electrons. The summed E-state index contributed by atoms with van der Waals surface area (Å²) in [7, 11) is 0. The summed E-state index contributed by atoms with van der Waals surface area (Å²) in [5.74, 6) is 0.282. The number of benzene rings is 2. The Hall–Kier alpha value is -1.56. The first-order chi connectivity index (χ1) is 16.6. The minimum absolute atomic E-state index is 0.0417. The van der Waals surface area contributed by atoms with Gasteiger partial charge in [-0.05, 0) is 77.0 Å². The molecule has 0 atom stereocenters. The first-order valence-corrected chi connectivity index (χ1v) is 15.0. The van der Waals surface area contributed by atoms with Crippen LogP contribution in [-0.2, 0) is 32.5 Å². The first-order valence-electron chi connectivity index (χ1n) is 15.0. The second kappa shape index (κ2) is 9.82. The van der Waals surface area contributed by atoms with Crippen molar-refractivity contribution >= 4 is 0 Å². The predicted octanol–water partition coefficient (Wildman–Crippen LogP) is 11.6. The van der Waals surface area contributed by atoms with Crippen molar-refractivity contribution in [1.82, 2.24) is 0 Å². The third kappa shape index (κ3) is 6.95. The fourth-order valence-electron chi connectivity index (χ4n) is 5.73. The molecular formula is C38H62. The Morgan fingerprint density at radius 3 is 0.658 bits per heavy atom. The molecule has 0 aliphatic carbocycles. The lowest BCUT2D eigenvalue weighted by Crippen LogP contribution is -2.29. The van der Waals surface area contributed by atoms with Gasteiger partial charge in [0.25, 0.3) is 0 Å². The summed E-state index contributed by atoms with van der Waals surface area (Å²) in [6, 6.07) is 10.2. The molecular weight excluding hydrogens is 456 g/mol. The normalized spacial score (nSPS) is 14.4. The molecule has 0 N–H and O–H groups in total. The van der Waals surface area contributed by atoms with E-state index in [1.165, 1.54) is 44.5 Å². The molecule has 0 saturated heterocycles. The molecule has 0 fully saturated rings. The van der Waals surface area contributed by atoms with Crippen molar-refractivity contribution in [2.45, 2.75) is 170 Å². The molecule has 0 aliphatic heterocycles. The molecule has 0 heterocycles. The van der Waals surface area contributed by atoms with E-state index in [0.717, 1.165) is 0 Å². The van der Waals surface area contributed by atoms with Crippen molar-refractivity contribution in [3.63, 3.8) is 0 Å². The lowest BCUT2D eigenvalue weighted by atomic mass is 9.65. The summed E-state index contributed by atoms with van der Waals surface area (Å²) in [6.07, 6.45) is 0. The summed E-state index contributed by atoms with van der Waals surface area (Å²) in [5.41, 5.74) is 12.3. The van der Waals surface area contributed by atoms with Crippen LogP contribution in [0.2, 0.25) is 0 Å². The molecule has 0 unspecified atom stereocenters. The molecule has 2 aromatic rings. The van der Waals surface area contributed by atoms with E-state index in [0.29, 0.717) is 0 Å². The Morgan fingerprint density at radius 2 is 0.526 bits per heavy atom. The van der Waals surface area contributed by atoms with E-state index in [1.807, 2.05) is 0 Å². The van der Waals surface area contributed by atoms with Crippen LogP contribution in [0.1, 0.15) is 182 Å². The lowest BCUT2D eigenvalue weighted by molar-refractivity contribution is 0.519. The highest BCUT2D eigenvalue weighted by Gasteiger charge is 2.36. The third-order valence-electron chi connectivity index (χ3n) is 8.19.